The number of carbonyl (C=O) groups excluding carboxylic acids is 2. The van der Waals surface area contributed by atoms with Gasteiger partial charge in [0.1, 0.15) is 5.75 Å². The van der Waals surface area contributed by atoms with Crippen LogP contribution in [0.15, 0.2) is 42.7 Å². The van der Waals surface area contributed by atoms with E-state index in [-0.39, 0.29) is 29.5 Å². The number of amides is 2. The topological polar surface area (TPSA) is 80.3 Å². The summed E-state index contributed by atoms with van der Waals surface area (Å²) in [5.41, 5.74) is 0.0840. The van der Waals surface area contributed by atoms with E-state index in [9.17, 15) is 9.59 Å². The fraction of sp³-hybridized carbons (Fsp3) is 0.316. The van der Waals surface area contributed by atoms with Crippen molar-refractivity contribution in [3.63, 3.8) is 0 Å². The van der Waals surface area contributed by atoms with Gasteiger partial charge in [-0.05, 0) is 43.5 Å². The van der Waals surface area contributed by atoms with Crippen LogP contribution in [-0.2, 0) is 4.79 Å². The maximum atomic E-state index is 12.2. The monoisotopic (exact) mass is 405 g/mol. The molecule has 0 aliphatic heterocycles. The normalized spacial score (nSPS) is 25.0. The van der Waals surface area contributed by atoms with Crippen molar-refractivity contribution < 1.29 is 14.3 Å². The number of aromatic nitrogens is 1. The molecule has 0 atom stereocenters. The molecule has 2 bridgehead atoms. The van der Waals surface area contributed by atoms with Crippen molar-refractivity contribution in [1.29, 1.82) is 0 Å². The molecule has 3 aliphatic rings. The van der Waals surface area contributed by atoms with Gasteiger partial charge in [0.25, 0.3) is 11.8 Å². The average Bonchev–Trinajstić information content (AvgIpc) is 2.60. The number of benzene rings is 1. The number of pyridine rings is 1. The Morgan fingerprint density at radius 1 is 1.07 bits per heavy atom. The summed E-state index contributed by atoms with van der Waals surface area (Å²) < 4.78 is 5.45. The second kappa shape index (κ2) is 6.69. The molecule has 1 aromatic carbocycles. The molecule has 3 saturated carbocycles. The zero-order chi connectivity index (χ0) is 19.1. The summed E-state index contributed by atoms with van der Waals surface area (Å²) in [4.78, 5) is 28.3. The zero-order valence-corrected chi connectivity index (χ0v) is 15.8. The summed E-state index contributed by atoms with van der Waals surface area (Å²) in [5, 5.41) is 6.87. The van der Waals surface area contributed by atoms with Crippen molar-refractivity contribution in [2.75, 3.05) is 6.61 Å². The van der Waals surface area contributed by atoms with Crippen LogP contribution in [0.1, 0.15) is 29.6 Å². The van der Waals surface area contributed by atoms with Crippen LogP contribution in [0.25, 0.3) is 0 Å². The molecule has 1 heterocycles. The summed E-state index contributed by atoms with van der Waals surface area (Å²) in [6.45, 7) is -0.102. The van der Waals surface area contributed by atoms with E-state index in [1.807, 2.05) is 0 Å². The molecule has 1 aromatic heterocycles. The van der Waals surface area contributed by atoms with Crippen molar-refractivity contribution in [2.24, 2.45) is 0 Å². The van der Waals surface area contributed by atoms with E-state index in [1.165, 1.54) is 0 Å². The maximum Gasteiger partial charge on any atom is 0.258 e. The van der Waals surface area contributed by atoms with Crippen molar-refractivity contribution in [2.45, 2.75) is 30.3 Å². The van der Waals surface area contributed by atoms with E-state index in [1.54, 1.807) is 42.7 Å². The van der Waals surface area contributed by atoms with Crippen molar-refractivity contribution in [1.82, 2.24) is 15.6 Å². The summed E-state index contributed by atoms with van der Waals surface area (Å²) in [6, 6.07) is 8.30. The van der Waals surface area contributed by atoms with E-state index in [0.29, 0.717) is 21.4 Å². The van der Waals surface area contributed by atoms with E-state index in [4.69, 9.17) is 27.9 Å². The molecule has 140 valence electrons. The van der Waals surface area contributed by atoms with Gasteiger partial charge in [-0.3, -0.25) is 14.6 Å². The molecule has 3 aliphatic carbocycles. The first-order valence-corrected chi connectivity index (χ1v) is 9.26. The number of ether oxygens (including phenoxy) is 1. The molecular weight excluding hydrogens is 389 g/mol. The van der Waals surface area contributed by atoms with Gasteiger partial charge in [0.2, 0.25) is 0 Å². The predicted molar refractivity (Wildman–Crippen MR) is 101 cm³/mol. The molecular formula is C19H17Cl2N3O3. The number of hydrogen-bond donors (Lipinski definition) is 2. The van der Waals surface area contributed by atoms with Gasteiger partial charge >= 0.3 is 0 Å². The van der Waals surface area contributed by atoms with Crippen LogP contribution < -0.4 is 15.4 Å². The fourth-order valence-corrected chi connectivity index (χ4v) is 4.20. The third kappa shape index (κ3) is 3.59. The van der Waals surface area contributed by atoms with Gasteiger partial charge in [0.05, 0.1) is 15.6 Å². The highest BCUT2D eigenvalue weighted by Gasteiger charge is 2.69. The first-order chi connectivity index (χ1) is 12.9. The Hall–Kier alpha value is -2.31. The Balaban J connectivity index is 1.24. The van der Waals surface area contributed by atoms with E-state index >= 15 is 0 Å². The molecule has 0 saturated heterocycles. The lowest BCUT2D eigenvalue weighted by Gasteiger charge is -2.70. The van der Waals surface area contributed by atoms with Gasteiger partial charge in [-0.25, -0.2) is 0 Å². The first kappa shape index (κ1) is 18.1. The minimum Gasteiger partial charge on any atom is -0.484 e. The minimum absolute atomic E-state index is 0.102. The summed E-state index contributed by atoms with van der Waals surface area (Å²) in [7, 11) is 0. The van der Waals surface area contributed by atoms with Crippen molar-refractivity contribution in [3.05, 3.63) is 58.3 Å². The third-order valence-corrected chi connectivity index (χ3v) is 5.74. The molecule has 8 heteroatoms. The number of carbonyl (C=O) groups is 2. The Bertz CT molecular complexity index is 885. The number of rotatable bonds is 6. The third-order valence-electron chi connectivity index (χ3n) is 5.00. The number of hydrogen-bond acceptors (Lipinski definition) is 4. The zero-order valence-electron chi connectivity index (χ0n) is 14.3. The van der Waals surface area contributed by atoms with Crippen LogP contribution >= 0.6 is 23.2 Å². The summed E-state index contributed by atoms with van der Waals surface area (Å²) in [6.07, 6.45) is 5.35. The number of halogens is 2. The predicted octanol–water partition coefficient (Wildman–Crippen LogP) is 2.99. The molecule has 2 aromatic rings. The smallest absolute Gasteiger partial charge is 0.258 e. The summed E-state index contributed by atoms with van der Waals surface area (Å²) >= 11 is 11.8. The van der Waals surface area contributed by atoms with Gasteiger partial charge in [-0.15, -0.1) is 0 Å². The standard InChI is InChI=1S/C19H17Cl2N3O3/c20-14-4-3-13(6-15(14)21)27-8-16(25)23-18-9-19(10-18,11-18)24-17(26)12-2-1-5-22-7-12/h1-7H,8-11H2,(H,23,25)(H,24,26). The molecule has 0 spiro atoms. The Morgan fingerprint density at radius 3 is 2.48 bits per heavy atom. The Morgan fingerprint density at radius 2 is 1.81 bits per heavy atom. The maximum absolute atomic E-state index is 12.2. The van der Waals surface area contributed by atoms with E-state index in [0.717, 1.165) is 19.3 Å². The largest absolute Gasteiger partial charge is 0.484 e. The van der Waals surface area contributed by atoms with E-state index in [2.05, 4.69) is 15.6 Å². The van der Waals surface area contributed by atoms with Crippen LogP contribution in [0.3, 0.4) is 0 Å². The molecule has 0 unspecified atom stereocenters. The van der Waals surface area contributed by atoms with Crippen LogP contribution in [0.4, 0.5) is 0 Å². The van der Waals surface area contributed by atoms with Gasteiger partial charge in [-0.1, -0.05) is 23.2 Å². The number of nitrogens with one attached hydrogen (secondary N) is 2. The SMILES string of the molecule is O=C(COc1ccc(Cl)c(Cl)c1)NC12CC(NC(=O)c3cccnc3)(C1)C2. The molecule has 6 nitrogen and oxygen atoms in total. The van der Waals surface area contributed by atoms with Crippen LogP contribution in [-0.4, -0.2) is 34.5 Å². The highest BCUT2D eigenvalue weighted by molar-refractivity contribution is 6.42. The van der Waals surface area contributed by atoms with Gasteiger partial charge in [0.15, 0.2) is 6.61 Å². The van der Waals surface area contributed by atoms with Crippen molar-refractivity contribution >= 4 is 35.0 Å². The van der Waals surface area contributed by atoms with Crippen LogP contribution in [0, 0.1) is 0 Å². The lowest BCUT2D eigenvalue weighted by atomic mass is 9.44. The average molecular weight is 406 g/mol. The minimum atomic E-state index is -0.236. The lowest BCUT2D eigenvalue weighted by molar-refractivity contribution is -0.141. The first-order valence-electron chi connectivity index (χ1n) is 8.50. The Kier molecular flexibility index (Phi) is 4.48. The molecule has 27 heavy (non-hydrogen) atoms. The highest BCUT2D eigenvalue weighted by atomic mass is 35.5. The molecule has 3 fully saturated rings. The molecule has 5 rings (SSSR count). The van der Waals surface area contributed by atoms with Gasteiger partial charge < -0.3 is 15.4 Å². The molecule has 0 radical (unpaired) electrons. The van der Waals surface area contributed by atoms with Crippen LogP contribution in [0.2, 0.25) is 10.0 Å². The molecule has 2 amide bonds. The Labute approximate surface area is 166 Å². The molecule has 2 N–H and O–H groups in total. The highest BCUT2D eigenvalue weighted by Crippen LogP contribution is 2.60. The van der Waals surface area contributed by atoms with E-state index < -0.39 is 0 Å². The second-order valence-corrected chi connectivity index (χ2v) is 8.01. The lowest BCUT2D eigenvalue weighted by Crippen LogP contribution is -2.84. The number of nitrogens with zero attached hydrogens (tertiary/aromatic N) is 1. The van der Waals surface area contributed by atoms with Crippen molar-refractivity contribution in [3.8, 4) is 5.75 Å². The summed E-state index contributed by atoms with van der Waals surface area (Å²) in [5.74, 6) is 0.149. The quantitative estimate of drug-likeness (QED) is 0.773. The van der Waals surface area contributed by atoms with Gasteiger partial charge in [0, 0.05) is 29.5 Å². The van der Waals surface area contributed by atoms with Gasteiger partial charge in [-0.2, -0.15) is 0 Å². The fourth-order valence-electron chi connectivity index (χ4n) is 3.91. The second-order valence-electron chi connectivity index (χ2n) is 7.20. The van der Waals surface area contributed by atoms with Crippen LogP contribution in [0.5, 0.6) is 5.75 Å².